The molecule has 3 aliphatic heterocycles. The lowest BCUT2D eigenvalue weighted by Crippen LogP contribution is -2.54. The van der Waals surface area contributed by atoms with Gasteiger partial charge in [0.25, 0.3) is 34.9 Å². The number of aromatic nitrogens is 2. The highest BCUT2D eigenvalue weighted by Crippen LogP contribution is 2.45. The Morgan fingerprint density at radius 1 is 0.577 bits per heavy atom. The summed E-state index contributed by atoms with van der Waals surface area (Å²) in [5, 5.41) is 20.7. The lowest BCUT2D eigenvalue weighted by atomic mass is 9.87. The number of hydrogen-bond acceptors (Lipinski definition) is 14. The van der Waals surface area contributed by atoms with Crippen LogP contribution in [0.25, 0.3) is 6.08 Å². The molecule has 1 aromatic rings. The minimum atomic E-state index is -1.67. The van der Waals surface area contributed by atoms with Crippen molar-refractivity contribution in [2.24, 2.45) is 14.1 Å². The maximum Gasteiger partial charge on any atom is 0.348 e. The van der Waals surface area contributed by atoms with Crippen molar-refractivity contribution < 1.29 is 57.9 Å². The molecule has 52 heavy (non-hydrogen) atoms. The fraction of sp³-hybridized carbons (Fsp3) is 0.294. The zero-order valence-corrected chi connectivity index (χ0v) is 28.2. The number of carbonyl (C=O) groups is 6. The first kappa shape index (κ1) is 36.6. The van der Waals surface area contributed by atoms with Crippen LogP contribution in [0.1, 0.15) is 31.2 Å². The molecule has 4 heterocycles. The Bertz CT molecular complexity index is 2090. The molecule has 0 atom stereocenters. The molecular weight excluding hydrogens is 688 g/mol. The molecule has 2 spiro atoms. The minimum Gasteiger partial charge on any atom is -0.494 e. The van der Waals surface area contributed by atoms with Gasteiger partial charge in [0, 0.05) is 53.9 Å². The number of nitrogens with zero attached hydrogens (tertiary/aromatic N) is 4. The van der Waals surface area contributed by atoms with Crippen molar-refractivity contribution in [3.63, 3.8) is 0 Å². The number of urea groups is 1. The maximum absolute atomic E-state index is 12.8. The van der Waals surface area contributed by atoms with Crippen LogP contribution in [0.5, 0.6) is 5.88 Å². The first-order chi connectivity index (χ1) is 24.5. The number of esters is 3. The van der Waals surface area contributed by atoms with Crippen molar-refractivity contribution in [1.82, 2.24) is 18.9 Å². The fourth-order valence-electron chi connectivity index (χ4n) is 5.55. The first-order valence-corrected chi connectivity index (χ1v) is 15.5. The van der Waals surface area contributed by atoms with Gasteiger partial charge in [-0.25, -0.2) is 24.0 Å². The summed E-state index contributed by atoms with van der Waals surface area (Å²) in [6, 6.07) is -0.765. The van der Waals surface area contributed by atoms with Gasteiger partial charge >= 0.3 is 29.6 Å². The number of aliphatic hydroxyl groups excluding tert-OH is 1. The van der Waals surface area contributed by atoms with Gasteiger partial charge in [0.05, 0.1) is 0 Å². The van der Waals surface area contributed by atoms with E-state index in [4.69, 9.17) is 18.9 Å². The van der Waals surface area contributed by atoms with E-state index < -0.39 is 76.0 Å². The van der Waals surface area contributed by atoms with Crippen LogP contribution in [0.2, 0.25) is 0 Å². The zero-order chi connectivity index (χ0) is 38.1. The molecule has 1 aromatic heterocycles. The van der Waals surface area contributed by atoms with Crippen molar-refractivity contribution >= 4 is 41.8 Å². The molecular formula is C34H32N4O14. The molecule has 272 valence electrons. The third-order valence-corrected chi connectivity index (χ3v) is 8.59. The Kier molecular flexibility index (Phi) is 9.76. The molecule has 1 saturated carbocycles. The van der Waals surface area contributed by atoms with E-state index in [1.54, 1.807) is 0 Å². The number of rotatable bonds is 6. The van der Waals surface area contributed by atoms with Crippen LogP contribution in [-0.2, 0) is 57.0 Å². The second-order valence-electron chi connectivity index (χ2n) is 11.9. The van der Waals surface area contributed by atoms with Gasteiger partial charge in [-0.3, -0.25) is 33.3 Å². The largest absolute Gasteiger partial charge is 0.494 e. The summed E-state index contributed by atoms with van der Waals surface area (Å²) in [6.07, 6.45) is 12.2. The summed E-state index contributed by atoms with van der Waals surface area (Å²) in [5.41, 5.74) is -2.60. The van der Waals surface area contributed by atoms with Crippen LogP contribution in [-0.4, -0.2) is 90.6 Å². The van der Waals surface area contributed by atoms with Crippen LogP contribution in [0.15, 0.2) is 86.9 Å². The molecule has 3 fully saturated rings. The second kappa shape index (κ2) is 13.9. The Balaban J connectivity index is 1.18. The lowest BCUT2D eigenvalue weighted by molar-refractivity contribution is -0.297. The number of likely N-dealkylation sites (N-methyl/N-ethyl adjacent to an activating group) is 2. The number of imide groups is 2. The van der Waals surface area contributed by atoms with Gasteiger partial charge in [0.1, 0.15) is 22.3 Å². The fourth-order valence-corrected chi connectivity index (χ4v) is 5.55. The predicted molar refractivity (Wildman–Crippen MR) is 175 cm³/mol. The molecule has 18 nitrogen and oxygen atoms in total. The topological polar surface area (TPSA) is 230 Å². The Morgan fingerprint density at radius 3 is 1.60 bits per heavy atom. The highest BCUT2D eigenvalue weighted by Gasteiger charge is 2.56. The molecule has 4 aliphatic rings. The van der Waals surface area contributed by atoms with Crippen LogP contribution in [0.3, 0.4) is 0 Å². The normalized spacial score (nSPS) is 24.2. The summed E-state index contributed by atoms with van der Waals surface area (Å²) < 4.78 is 23.8. The van der Waals surface area contributed by atoms with Crippen LogP contribution in [0.4, 0.5) is 4.79 Å². The lowest BCUT2D eigenvalue weighted by Gasteiger charge is -2.46. The third kappa shape index (κ3) is 6.72. The molecule has 18 heteroatoms. The van der Waals surface area contributed by atoms with Crippen molar-refractivity contribution in [3.8, 4) is 5.88 Å². The maximum atomic E-state index is 12.8. The molecule has 5 rings (SSSR count). The van der Waals surface area contributed by atoms with Gasteiger partial charge in [0.15, 0.2) is 0 Å². The van der Waals surface area contributed by atoms with Gasteiger partial charge in [-0.15, -0.1) is 0 Å². The predicted octanol–water partition coefficient (Wildman–Crippen LogP) is 0.784. The summed E-state index contributed by atoms with van der Waals surface area (Å²) in [4.78, 5) is 101. The number of amides is 4. The molecule has 0 radical (unpaired) electrons. The molecule has 0 aromatic carbocycles. The van der Waals surface area contributed by atoms with Crippen LogP contribution >= 0.6 is 0 Å². The van der Waals surface area contributed by atoms with E-state index in [1.807, 2.05) is 0 Å². The van der Waals surface area contributed by atoms with E-state index in [9.17, 15) is 48.6 Å². The van der Waals surface area contributed by atoms with Gasteiger partial charge < -0.3 is 29.2 Å². The SMILES string of the molecule is CN1C(=O)C(=C/C=C/C=C/C2=C(O)OC3(CCC4(CC3)OC(=O)C(=C/C=C/C=C/c3c(O)n(C)c(=O)n(C)c3=O)C(=O)O4)OC2=O)C(=O)N(C)C1=O. The number of hydrogen-bond donors (Lipinski definition) is 2. The van der Waals surface area contributed by atoms with E-state index in [1.165, 1.54) is 82.9 Å². The van der Waals surface area contributed by atoms with E-state index in [-0.39, 0.29) is 42.4 Å². The Morgan fingerprint density at radius 2 is 1.06 bits per heavy atom. The van der Waals surface area contributed by atoms with Crippen LogP contribution in [0, 0.1) is 0 Å². The van der Waals surface area contributed by atoms with E-state index >= 15 is 0 Å². The van der Waals surface area contributed by atoms with Gasteiger partial charge in [-0.1, -0.05) is 36.5 Å². The smallest absolute Gasteiger partial charge is 0.348 e. The van der Waals surface area contributed by atoms with Crippen molar-refractivity contribution in [2.75, 3.05) is 14.1 Å². The van der Waals surface area contributed by atoms with Gasteiger partial charge in [-0.2, -0.15) is 0 Å². The second-order valence-corrected chi connectivity index (χ2v) is 11.9. The first-order valence-electron chi connectivity index (χ1n) is 15.5. The van der Waals surface area contributed by atoms with E-state index in [0.29, 0.717) is 0 Å². The standard InChI is InChI=1S/C34H32N4O14/c1-35-23(39)19(24(40)36(2)31(35)47)11-7-5-9-13-21-27(43)49-33(50-28(21)44)15-17-34(18-16-33)51-29(45)22(30(46)52-34)14-10-6-8-12-20-25(41)37(3)32(48)38(4)26(20)42/h5-14,39,45H,15-18H2,1-4H3/b8-6+,9-5+,11-7+,14-10+,21-13?. The zero-order valence-electron chi connectivity index (χ0n) is 28.2. The average molecular weight is 721 g/mol. The number of barbiturate groups is 1. The number of aromatic hydroxyl groups is 1. The number of aliphatic hydroxyl groups is 1. The quantitative estimate of drug-likeness (QED) is 0.179. The monoisotopic (exact) mass is 720 g/mol. The van der Waals surface area contributed by atoms with E-state index in [0.717, 1.165) is 25.0 Å². The summed E-state index contributed by atoms with van der Waals surface area (Å²) in [7, 11) is 5.02. The Hall–Kier alpha value is -6.72. The molecule has 2 saturated heterocycles. The molecule has 4 amide bonds. The van der Waals surface area contributed by atoms with Crippen LogP contribution < -0.4 is 11.2 Å². The van der Waals surface area contributed by atoms with Gasteiger partial charge in [-0.05, 0) is 24.3 Å². The minimum absolute atomic E-state index is 0.123. The molecule has 2 N–H and O–H groups in total. The summed E-state index contributed by atoms with van der Waals surface area (Å²) in [6.45, 7) is 0. The summed E-state index contributed by atoms with van der Waals surface area (Å²) >= 11 is 0. The van der Waals surface area contributed by atoms with Gasteiger partial charge in [0.2, 0.25) is 5.88 Å². The molecule has 0 unspecified atom stereocenters. The van der Waals surface area contributed by atoms with Crippen molar-refractivity contribution in [3.05, 3.63) is 104 Å². The van der Waals surface area contributed by atoms with Crippen molar-refractivity contribution in [2.45, 2.75) is 37.3 Å². The number of allylic oxidation sites excluding steroid dienone is 8. The average Bonchev–Trinajstić information content (AvgIpc) is 3.10. The van der Waals surface area contributed by atoms with Crippen molar-refractivity contribution in [1.29, 1.82) is 0 Å². The number of ether oxygens (including phenoxy) is 4. The highest BCUT2D eigenvalue weighted by molar-refractivity contribution is 6.28. The molecule has 1 aliphatic carbocycles. The third-order valence-electron chi connectivity index (χ3n) is 8.59. The highest BCUT2D eigenvalue weighted by atomic mass is 16.8. The summed E-state index contributed by atoms with van der Waals surface area (Å²) in [5.74, 6) is -9.04. The Labute approximate surface area is 293 Å². The number of carbonyl (C=O) groups excluding carboxylic acids is 6. The molecule has 0 bridgehead atoms. The van der Waals surface area contributed by atoms with E-state index in [2.05, 4.69) is 0 Å².